The van der Waals surface area contributed by atoms with Crippen molar-refractivity contribution in [1.82, 2.24) is 14.3 Å². The molecule has 2 N–H and O–H groups in total. The molecule has 0 aliphatic carbocycles. The van der Waals surface area contributed by atoms with Crippen LogP contribution in [0.3, 0.4) is 0 Å². The third-order valence-corrected chi connectivity index (χ3v) is 9.03. The molecule has 2 aromatic carbocycles. The number of hydrogen-bond acceptors (Lipinski definition) is 7. The van der Waals surface area contributed by atoms with Gasteiger partial charge in [0.2, 0.25) is 16.3 Å². The van der Waals surface area contributed by atoms with Gasteiger partial charge < -0.3 is 20.3 Å². The summed E-state index contributed by atoms with van der Waals surface area (Å²) in [5.74, 6) is -3.33. The fourth-order valence-electron chi connectivity index (χ4n) is 5.81. The van der Waals surface area contributed by atoms with E-state index in [1.807, 2.05) is 11.0 Å². The molecular formula is C27H26ClF2N5O3S. The second kappa shape index (κ2) is 9.71. The molecule has 0 radical (unpaired) electrons. The molecule has 3 aliphatic heterocycles. The first-order chi connectivity index (χ1) is 18.7. The van der Waals surface area contributed by atoms with Crippen LogP contribution in [0.5, 0.6) is 5.75 Å². The van der Waals surface area contributed by atoms with Crippen molar-refractivity contribution >= 4 is 40.1 Å². The number of likely N-dealkylation sites (tertiary alicyclic amines) is 1. The van der Waals surface area contributed by atoms with Gasteiger partial charge in [0.15, 0.2) is 5.60 Å². The van der Waals surface area contributed by atoms with E-state index in [1.54, 1.807) is 36.4 Å². The number of halogens is 3. The SMILES string of the molecule is NC(=O)C1CCCN1C(=O)c1ccc(-c2ccc3c(c2)CC(F)(F)C2(CCN(c4nc(Cl)ns4)CC2)O3)cc1. The van der Waals surface area contributed by atoms with Crippen LogP contribution >= 0.6 is 23.1 Å². The third-order valence-electron chi connectivity index (χ3n) is 7.98. The van der Waals surface area contributed by atoms with E-state index in [4.69, 9.17) is 22.1 Å². The van der Waals surface area contributed by atoms with Crippen LogP contribution in [-0.4, -0.2) is 63.3 Å². The lowest BCUT2D eigenvalue weighted by atomic mass is 9.79. The van der Waals surface area contributed by atoms with Crippen LogP contribution in [-0.2, 0) is 11.2 Å². The van der Waals surface area contributed by atoms with E-state index < -0.39 is 29.9 Å². The first kappa shape index (κ1) is 25.9. The molecule has 0 saturated carbocycles. The van der Waals surface area contributed by atoms with Crippen molar-refractivity contribution in [3.8, 4) is 16.9 Å². The van der Waals surface area contributed by atoms with Crippen LogP contribution in [0, 0.1) is 0 Å². The van der Waals surface area contributed by atoms with E-state index in [9.17, 15) is 9.59 Å². The normalized spacial score (nSPS) is 21.5. The summed E-state index contributed by atoms with van der Waals surface area (Å²) in [5.41, 5.74) is 6.31. The summed E-state index contributed by atoms with van der Waals surface area (Å²) < 4.78 is 41.2. The number of nitrogens with zero attached hydrogens (tertiary/aromatic N) is 4. The van der Waals surface area contributed by atoms with Gasteiger partial charge in [0, 0.05) is 61.6 Å². The molecule has 0 bridgehead atoms. The highest BCUT2D eigenvalue weighted by Crippen LogP contribution is 2.49. The maximum absolute atomic E-state index is 15.6. The molecule has 204 valence electrons. The lowest BCUT2D eigenvalue weighted by Crippen LogP contribution is -2.61. The Morgan fingerprint density at radius 2 is 1.79 bits per heavy atom. The monoisotopic (exact) mass is 573 g/mol. The van der Waals surface area contributed by atoms with Gasteiger partial charge in [0.05, 0.1) is 0 Å². The standard InChI is InChI=1S/C27H26ClF2N5O3S/c28-24-32-25(39-33-24)34-12-9-26(10-13-34)27(29,30)15-19-14-18(7-8-21(19)38-26)16-3-5-17(6-4-16)23(37)35-11-1-2-20(35)22(31)36/h3-8,14,20H,1-2,9-13,15H2,(H2,31,36). The first-order valence-corrected chi connectivity index (χ1v) is 14.0. The number of carbonyl (C=O) groups is 2. The number of nitrogens with two attached hydrogens (primary N) is 1. The van der Waals surface area contributed by atoms with Gasteiger partial charge in [-0.1, -0.05) is 18.2 Å². The van der Waals surface area contributed by atoms with E-state index in [0.717, 1.165) is 29.1 Å². The van der Waals surface area contributed by atoms with Crippen LogP contribution in [0.1, 0.15) is 41.6 Å². The minimum atomic E-state index is -3.05. The summed E-state index contributed by atoms with van der Waals surface area (Å²) in [4.78, 5) is 32.2. The smallest absolute Gasteiger partial charge is 0.291 e. The van der Waals surface area contributed by atoms with E-state index in [0.29, 0.717) is 48.1 Å². The number of piperidine rings is 1. The number of benzene rings is 2. The predicted octanol–water partition coefficient (Wildman–Crippen LogP) is 4.56. The molecule has 12 heteroatoms. The Morgan fingerprint density at radius 1 is 1.08 bits per heavy atom. The van der Waals surface area contributed by atoms with E-state index in [-0.39, 0.29) is 24.0 Å². The molecule has 39 heavy (non-hydrogen) atoms. The van der Waals surface area contributed by atoms with Crippen molar-refractivity contribution in [3.05, 3.63) is 58.9 Å². The average Bonchev–Trinajstić information content (AvgIpc) is 3.59. The molecule has 1 spiro atoms. The average molecular weight is 574 g/mol. The van der Waals surface area contributed by atoms with Gasteiger partial charge in [-0.05, 0) is 59.8 Å². The Labute approximate surface area is 232 Å². The summed E-state index contributed by atoms with van der Waals surface area (Å²) in [5, 5.41) is 0.781. The summed E-state index contributed by atoms with van der Waals surface area (Å²) in [6.07, 6.45) is 1.19. The Balaban J connectivity index is 1.18. The van der Waals surface area contributed by atoms with Crippen LogP contribution in [0.15, 0.2) is 42.5 Å². The predicted molar refractivity (Wildman–Crippen MR) is 144 cm³/mol. The zero-order chi connectivity index (χ0) is 27.4. The van der Waals surface area contributed by atoms with Crippen molar-refractivity contribution in [3.63, 3.8) is 0 Å². The maximum atomic E-state index is 15.6. The van der Waals surface area contributed by atoms with Crippen molar-refractivity contribution < 1.29 is 23.1 Å². The zero-order valence-electron chi connectivity index (χ0n) is 20.9. The van der Waals surface area contributed by atoms with Crippen LogP contribution in [0.2, 0.25) is 5.28 Å². The van der Waals surface area contributed by atoms with Crippen molar-refractivity contribution in [2.75, 3.05) is 24.5 Å². The quantitative estimate of drug-likeness (QED) is 0.491. The van der Waals surface area contributed by atoms with Gasteiger partial charge in [0.1, 0.15) is 11.8 Å². The lowest BCUT2D eigenvalue weighted by Gasteiger charge is -2.48. The lowest BCUT2D eigenvalue weighted by molar-refractivity contribution is -0.185. The highest BCUT2D eigenvalue weighted by Gasteiger charge is 2.59. The number of aromatic nitrogens is 2. The second-order valence-electron chi connectivity index (χ2n) is 10.3. The largest absolute Gasteiger partial charge is 0.481 e. The van der Waals surface area contributed by atoms with Gasteiger partial charge in [0.25, 0.3) is 11.8 Å². The minimum Gasteiger partial charge on any atom is -0.481 e. The van der Waals surface area contributed by atoms with Gasteiger partial charge >= 0.3 is 0 Å². The number of ether oxygens (including phenoxy) is 1. The highest BCUT2D eigenvalue weighted by atomic mass is 35.5. The minimum absolute atomic E-state index is 0.154. The fraction of sp³-hybridized carbons (Fsp3) is 0.407. The number of carbonyl (C=O) groups excluding carboxylic acids is 2. The fourth-order valence-corrected chi connectivity index (χ4v) is 6.67. The number of anilines is 1. The van der Waals surface area contributed by atoms with Gasteiger partial charge in [-0.25, -0.2) is 8.78 Å². The number of primary amides is 1. The Bertz CT molecular complexity index is 1430. The summed E-state index contributed by atoms with van der Waals surface area (Å²) in [6, 6.07) is 11.7. The van der Waals surface area contributed by atoms with Crippen LogP contribution in [0.4, 0.5) is 13.9 Å². The number of alkyl halides is 2. The molecule has 1 aromatic heterocycles. The van der Waals surface area contributed by atoms with Gasteiger partial charge in [-0.2, -0.15) is 9.36 Å². The van der Waals surface area contributed by atoms with E-state index in [2.05, 4.69) is 9.36 Å². The van der Waals surface area contributed by atoms with Gasteiger partial charge in [-0.15, -0.1) is 0 Å². The van der Waals surface area contributed by atoms with E-state index in [1.165, 1.54) is 4.90 Å². The first-order valence-electron chi connectivity index (χ1n) is 12.8. The number of rotatable bonds is 4. The number of fused-ring (bicyclic) bond motifs is 1. The van der Waals surface area contributed by atoms with Gasteiger partial charge in [-0.3, -0.25) is 9.59 Å². The van der Waals surface area contributed by atoms with Crippen molar-refractivity contribution in [2.24, 2.45) is 5.73 Å². The molecule has 1 atom stereocenters. The Kier molecular flexibility index (Phi) is 6.46. The van der Waals surface area contributed by atoms with Crippen molar-refractivity contribution in [1.29, 1.82) is 0 Å². The second-order valence-corrected chi connectivity index (χ2v) is 11.3. The molecule has 3 aromatic rings. The summed E-state index contributed by atoms with van der Waals surface area (Å²) in [7, 11) is 0. The Hall–Kier alpha value is -3.31. The third kappa shape index (κ3) is 4.61. The maximum Gasteiger partial charge on any atom is 0.291 e. The van der Waals surface area contributed by atoms with Crippen molar-refractivity contribution in [2.45, 2.75) is 49.7 Å². The summed E-state index contributed by atoms with van der Waals surface area (Å²) in [6.45, 7) is 1.23. The Morgan fingerprint density at radius 3 is 2.46 bits per heavy atom. The molecule has 1 unspecified atom stereocenters. The molecule has 2 saturated heterocycles. The molecule has 4 heterocycles. The summed E-state index contributed by atoms with van der Waals surface area (Å²) >= 11 is 6.98. The topological polar surface area (TPSA) is 102 Å². The molecule has 6 rings (SSSR count). The molecule has 2 amide bonds. The van der Waals surface area contributed by atoms with Crippen LogP contribution < -0.4 is 15.4 Å². The van der Waals surface area contributed by atoms with Crippen LogP contribution in [0.25, 0.3) is 11.1 Å². The molecule has 2 fully saturated rings. The number of hydrogen-bond donors (Lipinski definition) is 1. The molecule has 8 nitrogen and oxygen atoms in total. The number of amides is 2. The zero-order valence-corrected chi connectivity index (χ0v) is 22.5. The van der Waals surface area contributed by atoms with E-state index >= 15 is 8.78 Å². The molecule has 3 aliphatic rings. The molecular weight excluding hydrogens is 548 g/mol. The highest BCUT2D eigenvalue weighted by molar-refractivity contribution is 7.10.